The quantitative estimate of drug-likeness (QED) is 0.172. The third-order valence-electron chi connectivity index (χ3n) is 9.93. The number of pyridine rings is 1. The summed E-state index contributed by atoms with van der Waals surface area (Å²) in [5.74, 6) is 0. The van der Waals surface area contributed by atoms with Gasteiger partial charge >= 0.3 is 0 Å². The minimum Gasteiger partial charge on any atom is -0.310 e. The Bertz CT molecular complexity index is 2850. The Morgan fingerprint density at radius 3 is 1.74 bits per heavy atom. The molecular formula is C47H30N2S. The number of aromatic nitrogens is 1. The maximum absolute atomic E-state index is 4.40. The van der Waals surface area contributed by atoms with E-state index < -0.39 is 0 Å². The van der Waals surface area contributed by atoms with Crippen molar-refractivity contribution in [2.75, 3.05) is 4.90 Å². The molecule has 50 heavy (non-hydrogen) atoms. The molecule has 0 bridgehead atoms. The monoisotopic (exact) mass is 654 g/mol. The van der Waals surface area contributed by atoms with Crippen LogP contribution in [0.4, 0.5) is 17.1 Å². The molecule has 2 aromatic heterocycles. The molecule has 0 saturated carbocycles. The maximum atomic E-state index is 4.40. The highest BCUT2D eigenvalue weighted by molar-refractivity contribution is 7.25. The molecule has 0 spiro atoms. The van der Waals surface area contributed by atoms with Crippen LogP contribution in [0.2, 0.25) is 0 Å². The first-order valence-corrected chi connectivity index (χ1v) is 17.8. The Labute approximate surface area is 294 Å². The molecule has 234 valence electrons. The van der Waals surface area contributed by atoms with Crippen LogP contribution in [0, 0.1) is 0 Å². The van der Waals surface area contributed by atoms with Crippen molar-refractivity contribution in [2.24, 2.45) is 0 Å². The van der Waals surface area contributed by atoms with Crippen molar-refractivity contribution in [1.29, 1.82) is 0 Å². The van der Waals surface area contributed by atoms with E-state index in [0.717, 1.165) is 17.1 Å². The molecule has 2 heterocycles. The summed E-state index contributed by atoms with van der Waals surface area (Å²) in [6.07, 6.45) is 3.86. The summed E-state index contributed by atoms with van der Waals surface area (Å²) in [5, 5.41) is 10.0. The van der Waals surface area contributed by atoms with E-state index in [1.807, 2.05) is 23.7 Å². The van der Waals surface area contributed by atoms with Gasteiger partial charge in [-0.1, -0.05) is 115 Å². The molecule has 3 heteroatoms. The number of benzene rings is 8. The molecule has 0 atom stereocenters. The summed E-state index contributed by atoms with van der Waals surface area (Å²) < 4.78 is 2.56. The van der Waals surface area contributed by atoms with Crippen LogP contribution in [0.25, 0.3) is 74.7 Å². The van der Waals surface area contributed by atoms with Crippen LogP contribution in [0.15, 0.2) is 182 Å². The highest BCUT2D eigenvalue weighted by Crippen LogP contribution is 2.41. The summed E-state index contributed by atoms with van der Waals surface area (Å²) in [5.41, 5.74) is 8.15. The van der Waals surface area contributed by atoms with Gasteiger partial charge in [-0.05, 0) is 109 Å². The molecule has 10 aromatic rings. The molecule has 8 aromatic carbocycles. The molecule has 0 aliphatic rings. The molecule has 2 nitrogen and oxygen atoms in total. The van der Waals surface area contributed by atoms with Gasteiger partial charge in [0.2, 0.25) is 0 Å². The normalized spacial score (nSPS) is 11.6. The van der Waals surface area contributed by atoms with Crippen LogP contribution in [0.3, 0.4) is 0 Å². The van der Waals surface area contributed by atoms with E-state index >= 15 is 0 Å². The van der Waals surface area contributed by atoms with Crippen LogP contribution in [-0.2, 0) is 0 Å². The van der Waals surface area contributed by atoms with Gasteiger partial charge in [-0.15, -0.1) is 11.3 Å². The van der Waals surface area contributed by atoms with Gasteiger partial charge < -0.3 is 4.90 Å². The summed E-state index contributed by atoms with van der Waals surface area (Å²) in [4.78, 5) is 6.78. The van der Waals surface area contributed by atoms with Gasteiger partial charge in [-0.3, -0.25) is 4.98 Å². The van der Waals surface area contributed by atoms with Crippen molar-refractivity contribution in [2.45, 2.75) is 0 Å². The smallest absolute Gasteiger partial charge is 0.0468 e. The average Bonchev–Trinajstić information content (AvgIpc) is 3.57. The molecule has 0 amide bonds. The van der Waals surface area contributed by atoms with Gasteiger partial charge in [-0.2, -0.15) is 0 Å². The van der Waals surface area contributed by atoms with Gasteiger partial charge in [0.25, 0.3) is 0 Å². The Morgan fingerprint density at radius 1 is 0.380 bits per heavy atom. The number of nitrogens with zero attached hydrogens (tertiary/aromatic N) is 2. The molecule has 0 aliphatic heterocycles. The zero-order valence-electron chi connectivity index (χ0n) is 27.1. The van der Waals surface area contributed by atoms with Crippen LogP contribution in [-0.4, -0.2) is 4.98 Å². The predicted molar refractivity (Wildman–Crippen MR) is 215 cm³/mol. The van der Waals surface area contributed by atoms with Crippen LogP contribution in [0.1, 0.15) is 0 Å². The first kappa shape index (κ1) is 28.7. The number of hydrogen-bond acceptors (Lipinski definition) is 3. The van der Waals surface area contributed by atoms with E-state index in [4.69, 9.17) is 0 Å². The minimum atomic E-state index is 1.11. The highest BCUT2D eigenvalue weighted by Gasteiger charge is 2.16. The van der Waals surface area contributed by atoms with E-state index in [2.05, 4.69) is 180 Å². The fraction of sp³-hybridized carbons (Fsp3) is 0. The van der Waals surface area contributed by atoms with E-state index in [0.29, 0.717) is 0 Å². The Morgan fingerprint density at radius 2 is 0.960 bits per heavy atom. The zero-order chi connectivity index (χ0) is 33.0. The second-order valence-corrected chi connectivity index (χ2v) is 13.9. The molecule has 10 rings (SSSR count). The number of fused-ring (bicyclic) bond motifs is 8. The average molecular weight is 655 g/mol. The second-order valence-electron chi connectivity index (χ2n) is 12.8. The third-order valence-corrected chi connectivity index (χ3v) is 11.1. The van der Waals surface area contributed by atoms with Gasteiger partial charge in [0, 0.05) is 49.6 Å². The largest absolute Gasteiger partial charge is 0.310 e. The number of rotatable bonds is 5. The fourth-order valence-corrected chi connectivity index (χ4v) is 8.49. The predicted octanol–water partition coefficient (Wildman–Crippen LogP) is 13.7. The maximum Gasteiger partial charge on any atom is 0.0468 e. The molecule has 0 saturated heterocycles. The van der Waals surface area contributed by atoms with Crippen molar-refractivity contribution < 1.29 is 0 Å². The molecule has 0 unspecified atom stereocenters. The van der Waals surface area contributed by atoms with E-state index in [1.54, 1.807) is 0 Å². The summed E-state index contributed by atoms with van der Waals surface area (Å²) in [6.45, 7) is 0. The number of hydrogen-bond donors (Lipinski definition) is 0. The second kappa shape index (κ2) is 11.7. The molecule has 0 N–H and O–H groups in total. The Hall–Kier alpha value is -6.29. The van der Waals surface area contributed by atoms with Gasteiger partial charge in [0.05, 0.1) is 0 Å². The van der Waals surface area contributed by atoms with Gasteiger partial charge in [0.15, 0.2) is 0 Å². The third kappa shape index (κ3) is 4.82. The van der Waals surface area contributed by atoms with Crippen molar-refractivity contribution in [1.82, 2.24) is 4.98 Å². The number of thiophene rings is 1. The summed E-state index contributed by atoms with van der Waals surface area (Å²) in [7, 11) is 0. The van der Waals surface area contributed by atoms with Crippen molar-refractivity contribution >= 4 is 80.9 Å². The zero-order valence-corrected chi connectivity index (χ0v) is 27.9. The minimum absolute atomic E-state index is 1.11. The molecular weight excluding hydrogens is 625 g/mol. The van der Waals surface area contributed by atoms with Crippen molar-refractivity contribution in [3.05, 3.63) is 182 Å². The lowest BCUT2D eigenvalue weighted by molar-refractivity contribution is 1.29. The van der Waals surface area contributed by atoms with Crippen LogP contribution in [0.5, 0.6) is 0 Å². The van der Waals surface area contributed by atoms with Gasteiger partial charge in [0.1, 0.15) is 0 Å². The lowest BCUT2D eigenvalue weighted by Crippen LogP contribution is -2.09. The number of anilines is 3. The molecule has 0 aliphatic carbocycles. The lowest BCUT2D eigenvalue weighted by atomic mass is 9.96. The lowest BCUT2D eigenvalue weighted by Gasteiger charge is -2.26. The summed E-state index contributed by atoms with van der Waals surface area (Å²) in [6, 6.07) is 62.0. The molecule has 0 radical (unpaired) electrons. The standard InChI is InChI=1S/C47H30N2S/c1-2-6-31(7-3-1)32-14-20-38(21-15-32)49(40-24-18-35-11-13-36-12-10-34-8-4-5-9-41(34)47(36)42(35)29-40)39-22-16-33(17-23-39)37-19-25-45-43(28-37)44-30-48-27-26-46(44)50-45/h1-30H. The Kier molecular flexibility index (Phi) is 6.71. The highest BCUT2D eigenvalue weighted by atomic mass is 32.1. The Balaban J connectivity index is 1.12. The van der Waals surface area contributed by atoms with E-state index in [1.165, 1.54) is 74.7 Å². The topological polar surface area (TPSA) is 16.1 Å². The molecule has 0 fully saturated rings. The first-order valence-electron chi connectivity index (χ1n) is 16.9. The van der Waals surface area contributed by atoms with Crippen LogP contribution >= 0.6 is 11.3 Å². The van der Waals surface area contributed by atoms with E-state index in [-0.39, 0.29) is 0 Å². The van der Waals surface area contributed by atoms with E-state index in [9.17, 15) is 0 Å². The van der Waals surface area contributed by atoms with Gasteiger partial charge in [-0.25, -0.2) is 0 Å². The fourth-order valence-electron chi connectivity index (χ4n) is 7.44. The first-order chi connectivity index (χ1) is 24.8. The van der Waals surface area contributed by atoms with Crippen molar-refractivity contribution in [3.63, 3.8) is 0 Å². The summed E-state index contributed by atoms with van der Waals surface area (Å²) >= 11 is 1.82. The SMILES string of the molecule is c1ccc(-c2ccc(N(c3ccc(-c4ccc5sc6ccncc6c5c4)cc3)c3ccc4ccc5ccc6ccccc6c5c4c3)cc2)cc1. The van der Waals surface area contributed by atoms with Crippen LogP contribution < -0.4 is 4.90 Å². The van der Waals surface area contributed by atoms with Crippen molar-refractivity contribution in [3.8, 4) is 22.3 Å².